The predicted octanol–water partition coefficient (Wildman–Crippen LogP) is 3.88. The summed E-state index contributed by atoms with van der Waals surface area (Å²) in [5.74, 6) is -0.362. The standard InChI is InChI=1S/C21H20N4O3/c1-13-5-4-6-14(2)18(13)25-21-22-11-16(12-23-21)19(26)24-17-9-7-15(8-10-17)20(27)28-3/h4-12H,1-3H3,(H,24,26)(H,22,23,25). The Kier molecular flexibility index (Phi) is 5.64. The third-order valence-corrected chi connectivity index (χ3v) is 4.20. The molecule has 0 bridgehead atoms. The number of hydrogen-bond donors (Lipinski definition) is 2. The quantitative estimate of drug-likeness (QED) is 0.657. The Bertz CT molecular complexity index is 979. The van der Waals surface area contributed by atoms with Crippen molar-refractivity contribution in [2.24, 2.45) is 0 Å². The molecule has 0 atom stereocenters. The molecule has 0 fully saturated rings. The van der Waals surface area contributed by atoms with Gasteiger partial charge in [-0.1, -0.05) is 18.2 Å². The number of nitrogens with one attached hydrogen (secondary N) is 2. The van der Waals surface area contributed by atoms with E-state index in [4.69, 9.17) is 0 Å². The molecule has 0 spiro atoms. The maximum atomic E-state index is 12.4. The van der Waals surface area contributed by atoms with E-state index in [0.29, 0.717) is 22.8 Å². The molecule has 0 unspecified atom stereocenters. The first-order chi connectivity index (χ1) is 13.5. The first-order valence-electron chi connectivity index (χ1n) is 8.63. The van der Waals surface area contributed by atoms with E-state index >= 15 is 0 Å². The monoisotopic (exact) mass is 376 g/mol. The molecule has 3 rings (SSSR count). The molecule has 0 aliphatic carbocycles. The Balaban J connectivity index is 1.67. The number of hydrogen-bond acceptors (Lipinski definition) is 6. The summed E-state index contributed by atoms with van der Waals surface area (Å²) in [5.41, 5.74) is 4.40. The number of amides is 1. The number of ether oxygens (including phenoxy) is 1. The Labute approximate surface area is 162 Å². The number of benzene rings is 2. The number of aryl methyl sites for hydroxylation is 2. The molecule has 1 amide bonds. The first kappa shape index (κ1) is 19.0. The molecule has 0 radical (unpaired) electrons. The number of nitrogens with zero attached hydrogens (tertiary/aromatic N) is 2. The fourth-order valence-electron chi connectivity index (χ4n) is 2.64. The zero-order valence-corrected chi connectivity index (χ0v) is 15.8. The van der Waals surface area contributed by atoms with Crippen LogP contribution in [0.25, 0.3) is 0 Å². The molecule has 1 aromatic heterocycles. The number of aromatic nitrogens is 2. The second-order valence-corrected chi connectivity index (χ2v) is 6.21. The van der Waals surface area contributed by atoms with Gasteiger partial charge in [-0.25, -0.2) is 14.8 Å². The van der Waals surface area contributed by atoms with Crippen molar-refractivity contribution in [2.75, 3.05) is 17.7 Å². The Morgan fingerprint density at radius 2 is 1.50 bits per heavy atom. The van der Waals surface area contributed by atoms with Crippen molar-refractivity contribution in [1.29, 1.82) is 0 Å². The second-order valence-electron chi connectivity index (χ2n) is 6.21. The molecule has 0 aliphatic rings. The van der Waals surface area contributed by atoms with Gasteiger partial charge in [-0.15, -0.1) is 0 Å². The van der Waals surface area contributed by atoms with E-state index in [-0.39, 0.29) is 5.91 Å². The zero-order valence-electron chi connectivity index (χ0n) is 15.8. The lowest BCUT2D eigenvalue weighted by Crippen LogP contribution is -2.13. The molecule has 7 nitrogen and oxygen atoms in total. The predicted molar refractivity (Wildman–Crippen MR) is 107 cm³/mol. The van der Waals surface area contributed by atoms with Gasteiger partial charge < -0.3 is 15.4 Å². The SMILES string of the molecule is COC(=O)c1ccc(NC(=O)c2cnc(Nc3c(C)cccc3C)nc2)cc1. The number of anilines is 3. The summed E-state index contributed by atoms with van der Waals surface area (Å²) in [5, 5.41) is 5.92. The molecule has 2 aromatic carbocycles. The van der Waals surface area contributed by atoms with Crippen molar-refractivity contribution in [3.63, 3.8) is 0 Å². The summed E-state index contributed by atoms with van der Waals surface area (Å²) in [4.78, 5) is 32.3. The summed E-state index contributed by atoms with van der Waals surface area (Å²) < 4.78 is 4.65. The van der Waals surface area contributed by atoms with Crippen molar-refractivity contribution in [3.8, 4) is 0 Å². The normalized spacial score (nSPS) is 10.2. The third-order valence-electron chi connectivity index (χ3n) is 4.20. The van der Waals surface area contributed by atoms with E-state index in [0.717, 1.165) is 16.8 Å². The van der Waals surface area contributed by atoms with Gasteiger partial charge in [-0.2, -0.15) is 0 Å². The minimum absolute atomic E-state index is 0.323. The number of rotatable bonds is 5. The molecule has 0 saturated heterocycles. The van der Waals surface area contributed by atoms with Crippen LogP contribution in [-0.4, -0.2) is 29.0 Å². The highest BCUT2D eigenvalue weighted by Crippen LogP contribution is 2.22. The lowest BCUT2D eigenvalue weighted by atomic mass is 10.1. The molecular weight excluding hydrogens is 356 g/mol. The zero-order chi connectivity index (χ0) is 20.1. The van der Waals surface area contributed by atoms with Crippen LogP contribution in [0.2, 0.25) is 0 Å². The summed E-state index contributed by atoms with van der Waals surface area (Å²) in [6.45, 7) is 4.01. The van der Waals surface area contributed by atoms with Crippen molar-refractivity contribution >= 4 is 29.2 Å². The van der Waals surface area contributed by atoms with Crippen LogP contribution in [-0.2, 0) is 4.74 Å². The van der Waals surface area contributed by atoms with Gasteiger partial charge in [0.1, 0.15) is 0 Å². The average Bonchev–Trinajstić information content (AvgIpc) is 2.71. The molecule has 7 heteroatoms. The van der Waals surface area contributed by atoms with Gasteiger partial charge in [0.05, 0.1) is 18.2 Å². The third kappa shape index (κ3) is 4.32. The topological polar surface area (TPSA) is 93.2 Å². The van der Waals surface area contributed by atoms with Crippen LogP contribution in [0, 0.1) is 13.8 Å². The minimum Gasteiger partial charge on any atom is -0.465 e. The van der Waals surface area contributed by atoms with E-state index in [1.165, 1.54) is 19.5 Å². The van der Waals surface area contributed by atoms with Crippen LogP contribution in [0.1, 0.15) is 31.8 Å². The number of carbonyl (C=O) groups is 2. The van der Waals surface area contributed by atoms with Crippen molar-refractivity contribution < 1.29 is 14.3 Å². The maximum Gasteiger partial charge on any atom is 0.337 e. The van der Waals surface area contributed by atoms with E-state index in [2.05, 4.69) is 25.3 Å². The van der Waals surface area contributed by atoms with E-state index in [1.807, 2.05) is 32.0 Å². The largest absolute Gasteiger partial charge is 0.465 e. The summed E-state index contributed by atoms with van der Waals surface area (Å²) in [6.07, 6.45) is 2.92. The summed E-state index contributed by atoms with van der Waals surface area (Å²) in [7, 11) is 1.32. The van der Waals surface area contributed by atoms with Crippen molar-refractivity contribution in [3.05, 3.63) is 77.1 Å². The molecule has 142 valence electrons. The fraction of sp³-hybridized carbons (Fsp3) is 0.143. The molecule has 3 aromatic rings. The van der Waals surface area contributed by atoms with Gasteiger partial charge in [-0.3, -0.25) is 4.79 Å². The summed E-state index contributed by atoms with van der Waals surface area (Å²) >= 11 is 0. The Morgan fingerprint density at radius 3 is 2.07 bits per heavy atom. The van der Waals surface area contributed by atoms with Crippen LogP contribution >= 0.6 is 0 Å². The van der Waals surface area contributed by atoms with Gasteiger partial charge in [-0.05, 0) is 49.2 Å². The average molecular weight is 376 g/mol. The highest BCUT2D eigenvalue weighted by atomic mass is 16.5. The van der Waals surface area contributed by atoms with Crippen LogP contribution < -0.4 is 10.6 Å². The minimum atomic E-state index is -0.432. The fourth-order valence-corrected chi connectivity index (χ4v) is 2.64. The van der Waals surface area contributed by atoms with Gasteiger partial charge in [0.15, 0.2) is 0 Å². The number of methoxy groups -OCH3 is 1. The van der Waals surface area contributed by atoms with Crippen LogP contribution in [0.4, 0.5) is 17.3 Å². The molecule has 2 N–H and O–H groups in total. The van der Waals surface area contributed by atoms with Gasteiger partial charge in [0, 0.05) is 23.8 Å². The smallest absolute Gasteiger partial charge is 0.337 e. The lowest BCUT2D eigenvalue weighted by molar-refractivity contribution is 0.0600. The highest BCUT2D eigenvalue weighted by Gasteiger charge is 2.10. The first-order valence-corrected chi connectivity index (χ1v) is 8.63. The lowest BCUT2D eigenvalue weighted by Gasteiger charge is -2.11. The molecule has 0 saturated carbocycles. The number of para-hydroxylation sites is 1. The van der Waals surface area contributed by atoms with Gasteiger partial charge in [0.25, 0.3) is 5.91 Å². The Hall–Kier alpha value is -3.74. The highest BCUT2D eigenvalue weighted by molar-refractivity contribution is 6.04. The van der Waals surface area contributed by atoms with E-state index < -0.39 is 5.97 Å². The summed E-state index contributed by atoms with van der Waals surface area (Å²) in [6, 6.07) is 12.4. The second kappa shape index (κ2) is 8.30. The van der Waals surface area contributed by atoms with E-state index in [9.17, 15) is 9.59 Å². The molecule has 0 aliphatic heterocycles. The maximum absolute atomic E-state index is 12.4. The van der Waals surface area contributed by atoms with Crippen LogP contribution in [0.15, 0.2) is 54.9 Å². The number of esters is 1. The van der Waals surface area contributed by atoms with Crippen LogP contribution in [0.5, 0.6) is 0 Å². The van der Waals surface area contributed by atoms with Gasteiger partial charge in [0.2, 0.25) is 5.95 Å². The molecule has 28 heavy (non-hydrogen) atoms. The molecule has 1 heterocycles. The Morgan fingerprint density at radius 1 is 0.893 bits per heavy atom. The van der Waals surface area contributed by atoms with Gasteiger partial charge >= 0.3 is 5.97 Å². The molecular formula is C21H20N4O3. The van der Waals surface area contributed by atoms with Crippen LogP contribution in [0.3, 0.4) is 0 Å². The number of carbonyl (C=O) groups excluding carboxylic acids is 2. The van der Waals surface area contributed by atoms with Crippen molar-refractivity contribution in [2.45, 2.75) is 13.8 Å². The van der Waals surface area contributed by atoms with Crippen molar-refractivity contribution in [1.82, 2.24) is 9.97 Å². The van der Waals surface area contributed by atoms with E-state index in [1.54, 1.807) is 24.3 Å².